The van der Waals surface area contributed by atoms with Gasteiger partial charge >= 0.3 is 0 Å². The minimum Gasteiger partial charge on any atom is -0.486 e. The van der Waals surface area contributed by atoms with E-state index >= 15 is 0 Å². The van der Waals surface area contributed by atoms with Gasteiger partial charge < -0.3 is 19.8 Å². The molecule has 4 rings (SSSR count). The van der Waals surface area contributed by atoms with Crippen molar-refractivity contribution in [1.82, 2.24) is 15.6 Å². The van der Waals surface area contributed by atoms with E-state index in [0.29, 0.717) is 29.3 Å². The lowest BCUT2D eigenvalue weighted by Crippen LogP contribution is -2.36. The average Bonchev–Trinajstić information content (AvgIpc) is 3.33. The van der Waals surface area contributed by atoms with Gasteiger partial charge in [0.15, 0.2) is 0 Å². The quantitative estimate of drug-likeness (QED) is 0.734. The van der Waals surface area contributed by atoms with Crippen LogP contribution < -0.4 is 15.4 Å². The number of ether oxygens (including phenoxy) is 1. The van der Waals surface area contributed by atoms with Gasteiger partial charge in [-0.2, -0.15) is 0 Å². The van der Waals surface area contributed by atoms with Crippen LogP contribution >= 0.6 is 11.3 Å². The molecule has 2 N–H and O–H groups in total. The Morgan fingerprint density at radius 3 is 3.20 bits per heavy atom. The number of rotatable bonds is 5. The molecule has 1 amide bonds. The summed E-state index contributed by atoms with van der Waals surface area (Å²) in [6, 6.07) is 5.72. The molecule has 0 saturated carbocycles. The van der Waals surface area contributed by atoms with E-state index in [1.807, 2.05) is 30.5 Å². The second kappa shape index (κ2) is 6.85. The molecule has 0 aliphatic carbocycles. The summed E-state index contributed by atoms with van der Waals surface area (Å²) >= 11 is 1.55. The summed E-state index contributed by atoms with van der Waals surface area (Å²) in [7, 11) is 0. The Hall–Kier alpha value is -2.38. The van der Waals surface area contributed by atoms with Gasteiger partial charge in [-0.3, -0.25) is 4.79 Å². The van der Waals surface area contributed by atoms with Crippen molar-refractivity contribution in [1.29, 1.82) is 0 Å². The number of amides is 1. The van der Waals surface area contributed by atoms with Crippen molar-refractivity contribution < 1.29 is 13.9 Å². The number of hydrogen-bond acceptors (Lipinski definition) is 6. The van der Waals surface area contributed by atoms with Gasteiger partial charge in [-0.15, -0.1) is 11.3 Å². The Balaban J connectivity index is 1.58. The summed E-state index contributed by atoms with van der Waals surface area (Å²) in [5.74, 6) is 1.22. The van der Waals surface area contributed by atoms with E-state index in [1.165, 1.54) is 0 Å². The van der Waals surface area contributed by atoms with Crippen molar-refractivity contribution in [3.05, 3.63) is 46.1 Å². The van der Waals surface area contributed by atoms with E-state index in [0.717, 1.165) is 29.9 Å². The monoisotopic (exact) mass is 357 g/mol. The maximum Gasteiger partial charge on any atom is 0.255 e. The van der Waals surface area contributed by atoms with Gasteiger partial charge in [0.1, 0.15) is 28.7 Å². The van der Waals surface area contributed by atoms with Crippen molar-refractivity contribution in [2.24, 2.45) is 0 Å². The summed E-state index contributed by atoms with van der Waals surface area (Å²) in [6.45, 7) is 3.97. The lowest BCUT2D eigenvalue weighted by molar-refractivity contribution is 0.0940. The molecule has 1 aliphatic heterocycles. The van der Waals surface area contributed by atoms with Crippen LogP contribution in [0.1, 0.15) is 27.5 Å². The fourth-order valence-corrected chi connectivity index (χ4v) is 3.60. The van der Waals surface area contributed by atoms with E-state index in [9.17, 15) is 4.79 Å². The number of nitrogens with one attached hydrogen (secondary N) is 2. The topological polar surface area (TPSA) is 76.4 Å². The minimum atomic E-state index is -0.0953. The molecule has 1 fully saturated rings. The molecule has 2 aromatic heterocycles. The average molecular weight is 357 g/mol. The maximum absolute atomic E-state index is 12.7. The number of thiazole rings is 1. The third-order valence-electron chi connectivity index (χ3n) is 4.30. The van der Waals surface area contributed by atoms with E-state index in [2.05, 4.69) is 15.6 Å². The van der Waals surface area contributed by atoms with E-state index in [4.69, 9.17) is 9.15 Å². The fourth-order valence-electron chi connectivity index (χ4n) is 3.08. The van der Waals surface area contributed by atoms with Crippen LogP contribution in [0.5, 0.6) is 5.75 Å². The Kier molecular flexibility index (Phi) is 4.42. The molecule has 0 unspecified atom stereocenters. The third kappa shape index (κ3) is 3.38. The molecule has 1 atom stereocenters. The maximum atomic E-state index is 12.7. The van der Waals surface area contributed by atoms with Gasteiger partial charge in [-0.25, -0.2) is 4.98 Å². The van der Waals surface area contributed by atoms with Gasteiger partial charge in [0.05, 0.1) is 5.56 Å². The zero-order valence-electron chi connectivity index (χ0n) is 13.9. The van der Waals surface area contributed by atoms with Crippen LogP contribution in [-0.4, -0.2) is 30.0 Å². The first-order valence-electron chi connectivity index (χ1n) is 8.26. The number of benzene rings is 1. The van der Waals surface area contributed by atoms with Gasteiger partial charge in [-0.1, -0.05) is 0 Å². The minimum absolute atomic E-state index is 0.0953. The number of nitrogens with zero attached hydrogens (tertiary/aromatic N) is 1. The third-order valence-corrected chi connectivity index (χ3v) is 5.06. The highest BCUT2D eigenvalue weighted by molar-refractivity contribution is 7.09. The van der Waals surface area contributed by atoms with Crippen LogP contribution in [-0.2, 0) is 6.61 Å². The first-order chi connectivity index (χ1) is 12.2. The second-order valence-electron chi connectivity index (χ2n) is 6.07. The Labute approximate surface area is 149 Å². The summed E-state index contributed by atoms with van der Waals surface area (Å²) in [5.41, 5.74) is 1.27. The Bertz CT molecular complexity index is 882. The number of hydrogen-bond donors (Lipinski definition) is 2. The highest BCUT2D eigenvalue weighted by atomic mass is 32.1. The van der Waals surface area contributed by atoms with Gasteiger partial charge in [0, 0.05) is 29.5 Å². The molecule has 0 spiro atoms. The van der Waals surface area contributed by atoms with Crippen molar-refractivity contribution in [2.45, 2.75) is 26.0 Å². The van der Waals surface area contributed by atoms with Gasteiger partial charge in [-0.05, 0) is 38.1 Å². The molecule has 0 radical (unpaired) electrons. The number of fused-ring (bicyclic) bond motifs is 1. The molecule has 130 valence electrons. The van der Waals surface area contributed by atoms with Gasteiger partial charge in [0.25, 0.3) is 5.91 Å². The number of carbonyl (C=O) groups is 1. The largest absolute Gasteiger partial charge is 0.486 e. The molecule has 7 heteroatoms. The van der Waals surface area contributed by atoms with Crippen LogP contribution in [0, 0.1) is 6.92 Å². The lowest BCUT2D eigenvalue weighted by Gasteiger charge is -2.11. The number of aryl methyl sites for hydroxylation is 1. The predicted molar refractivity (Wildman–Crippen MR) is 96.1 cm³/mol. The standard InChI is InChI=1S/C18H19N3O3S/c1-11-17(18(22)21-12-4-5-19-9-12)14-8-13(2-3-15(14)24-11)23-10-16-20-6-7-25-16/h2-3,6-8,12,19H,4-5,9-10H2,1H3,(H,21,22)/t12-/m0/s1. The van der Waals surface area contributed by atoms with Crippen molar-refractivity contribution in [3.8, 4) is 5.75 Å². The number of furan rings is 1. The first kappa shape index (κ1) is 16.1. The van der Waals surface area contributed by atoms with Crippen LogP contribution in [0.25, 0.3) is 11.0 Å². The number of aromatic nitrogens is 1. The van der Waals surface area contributed by atoms with Crippen LogP contribution in [0.3, 0.4) is 0 Å². The molecular weight excluding hydrogens is 338 g/mol. The van der Waals surface area contributed by atoms with E-state index in [-0.39, 0.29) is 11.9 Å². The van der Waals surface area contributed by atoms with Crippen LogP contribution in [0.2, 0.25) is 0 Å². The molecule has 3 aromatic rings. The molecule has 3 heterocycles. The van der Waals surface area contributed by atoms with Crippen molar-refractivity contribution >= 4 is 28.2 Å². The van der Waals surface area contributed by atoms with Crippen LogP contribution in [0.4, 0.5) is 0 Å². The van der Waals surface area contributed by atoms with E-state index < -0.39 is 0 Å². The Morgan fingerprint density at radius 2 is 2.44 bits per heavy atom. The SMILES string of the molecule is Cc1oc2ccc(OCc3nccs3)cc2c1C(=O)N[C@H]1CCNC1. The van der Waals surface area contributed by atoms with Crippen molar-refractivity contribution in [3.63, 3.8) is 0 Å². The summed E-state index contributed by atoms with van der Waals surface area (Å²) < 4.78 is 11.5. The molecule has 0 bridgehead atoms. The number of carbonyl (C=O) groups excluding carboxylic acids is 1. The molecule has 1 saturated heterocycles. The lowest BCUT2D eigenvalue weighted by atomic mass is 10.1. The summed E-state index contributed by atoms with van der Waals surface area (Å²) in [4.78, 5) is 16.9. The molecule has 6 nitrogen and oxygen atoms in total. The molecule has 25 heavy (non-hydrogen) atoms. The molecular formula is C18H19N3O3S. The van der Waals surface area contributed by atoms with Crippen LogP contribution in [0.15, 0.2) is 34.2 Å². The summed E-state index contributed by atoms with van der Waals surface area (Å²) in [5, 5.41) is 9.93. The molecule has 1 aromatic carbocycles. The zero-order chi connectivity index (χ0) is 17.2. The Morgan fingerprint density at radius 1 is 1.52 bits per heavy atom. The predicted octanol–water partition coefficient (Wildman–Crippen LogP) is 2.87. The normalized spacial score (nSPS) is 17.1. The summed E-state index contributed by atoms with van der Waals surface area (Å²) in [6.07, 6.45) is 2.70. The first-order valence-corrected chi connectivity index (χ1v) is 9.14. The van der Waals surface area contributed by atoms with Gasteiger partial charge in [0.2, 0.25) is 0 Å². The van der Waals surface area contributed by atoms with Crippen molar-refractivity contribution in [2.75, 3.05) is 13.1 Å². The van der Waals surface area contributed by atoms with E-state index in [1.54, 1.807) is 17.5 Å². The second-order valence-corrected chi connectivity index (χ2v) is 7.05. The zero-order valence-corrected chi connectivity index (χ0v) is 14.7. The molecule has 1 aliphatic rings. The highest BCUT2D eigenvalue weighted by Crippen LogP contribution is 2.29. The highest BCUT2D eigenvalue weighted by Gasteiger charge is 2.23. The smallest absolute Gasteiger partial charge is 0.255 e. The fraction of sp³-hybridized carbons (Fsp3) is 0.333.